The van der Waals surface area contributed by atoms with E-state index in [1.165, 1.54) is 70.6 Å². The van der Waals surface area contributed by atoms with Crippen LogP contribution in [0.3, 0.4) is 0 Å². The summed E-state index contributed by atoms with van der Waals surface area (Å²) in [6, 6.07) is 5.38. The molecule has 0 atom stereocenters. The van der Waals surface area contributed by atoms with Gasteiger partial charge in [0.1, 0.15) is 5.82 Å². The molecule has 24 heavy (non-hydrogen) atoms. The molecule has 0 N–H and O–H groups in total. The Balaban J connectivity index is 1.40. The largest absolute Gasteiger partial charge is 0.205 e. The van der Waals surface area contributed by atoms with Gasteiger partial charge < -0.3 is 0 Å². The van der Waals surface area contributed by atoms with Gasteiger partial charge in [0.15, 0.2) is 0 Å². The lowest BCUT2D eigenvalue weighted by Crippen LogP contribution is -2.17. The second-order valence-electron chi connectivity index (χ2n) is 8.26. The van der Waals surface area contributed by atoms with E-state index in [4.69, 9.17) is 11.6 Å². The van der Waals surface area contributed by atoms with E-state index in [0.717, 1.165) is 23.3 Å². The van der Waals surface area contributed by atoms with Crippen molar-refractivity contribution in [3.63, 3.8) is 0 Å². The van der Waals surface area contributed by atoms with Gasteiger partial charge in [0.2, 0.25) is 0 Å². The van der Waals surface area contributed by atoms with Crippen molar-refractivity contribution in [3.05, 3.63) is 34.6 Å². The van der Waals surface area contributed by atoms with Crippen molar-refractivity contribution in [2.45, 2.75) is 83.5 Å². The molecule has 2 heteroatoms. The zero-order valence-corrected chi connectivity index (χ0v) is 15.8. The fourth-order valence-electron chi connectivity index (χ4n) is 4.95. The Hall–Kier alpha value is -0.560. The molecule has 0 nitrogen and oxygen atoms in total. The van der Waals surface area contributed by atoms with Crippen LogP contribution in [0.2, 0.25) is 5.02 Å². The molecule has 2 aliphatic rings. The van der Waals surface area contributed by atoms with E-state index < -0.39 is 0 Å². The van der Waals surface area contributed by atoms with E-state index in [1.807, 2.05) is 6.07 Å². The summed E-state index contributed by atoms with van der Waals surface area (Å²) in [5.74, 6) is 3.18. The van der Waals surface area contributed by atoms with E-state index in [0.29, 0.717) is 5.92 Å². The van der Waals surface area contributed by atoms with E-state index >= 15 is 0 Å². The highest BCUT2D eigenvalue weighted by molar-refractivity contribution is 6.30. The minimum atomic E-state index is -0.265. The number of rotatable bonds is 5. The molecule has 0 bridgehead atoms. The van der Waals surface area contributed by atoms with Crippen LogP contribution in [0.1, 0.15) is 89.0 Å². The Morgan fingerprint density at radius 2 is 1.42 bits per heavy atom. The Kier molecular flexibility index (Phi) is 6.61. The van der Waals surface area contributed by atoms with Gasteiger partial charge in [-0.15, -0.1) is 0 Å². The van der Waals surface area contributed by atoms with Gasteiger partial charge >= 0.3 is 0 Å². The van der Waals surface area contributed by atoms with Crippen molar-refractivity contribution >= 4 is 11.6 Å². The first kappa shape index (κ1) is 18.2. The van der Waals surface area contributed by atoms with Crippen molar-refractivity contribution in [1.29, 1.82) is 0 Å². The van der Waals surface area contributed by atoms with Gasteiger partial charge in [-0.3, -0.25) is 0 Å². The van der Waals surface area contributed by atoms with Crippen molar-refractivity contribution in [2.24, 2.45) is 17.8 Å². The summed E-state index contributed by atoms with van der Waals surface area (Å²) < 4.78 is 13.7. The topological polar surface area (TPSA) is 0 Å². The lowest BCUT2D eigenvalue weighted by Gasteiger charge is -2.32. The van der Waals surface area contributed by atoms with Gasteiger partial charge in [-0.05, 0) is 67.1 Å². The van der Waals surface area contributed by atoms with Crippen LogP contribution in [0.25, 0.3) is 0 Å². The maximum atomic E-state index is 13.7. The summed E-state index contributed by atoms with van der Waals surface area (Å²) >= 11 is 5.80. The third-order valence-corrected chi connectivity index (χ3v) is 7.10. The van der Waals surface area contributed by atoms with Crippen molar-refractivity contribution in [1.82, 2.24) is 0 Å². The average Bonchev–Trinajstić information content (AvgIpc) is 2.63. The van der Waals surface area contributed by atoms with E-state index in [9.17, 15) is 4.39 Å². The fraction of sp³-hybridized carbons (Fsp3) is 0.727. The normalized spacial score (nSPS) is 31.1. The molecule has 0 unspecified atom stereocenters. The lowest BCUT2D eigenvalue weighted by molar-refractivity contribution is 0.227. The van der Waals surface area contributed by atoms with Crippen LogP contribution in [0.5, 0.6) is 0 Å². The van der Waals surface area contributed by atoms with Crippen LogP contribution in [-0.2, 0) is 0 Å². The van der Waals surface area contributed by atoms with Crippen LogP contribution in [0.15, 0.2) is 18.2 Å². The van der Waals surface area contributed by atoms with Crippen LogP contribution in [-0.4, -0.2) is 0 Å². The maximum Gasteiger partial charge on any atom is 0.142 e. The summed E-state index contributed by atoms with van der Waals surface area (Å²) in [5.41, 5.74) is 1.15. The molecule has 134 valence electrons. The fourth-order valence-corrected chi connectivity index (χ4v) is 5.07. The van der Waals surface area contributed by atoms with Gasteiger partial charge in [0.25, 0.3) is 0 Å². The number of hydrogen-bond acceptors (Lipinski definition) is 0. The molecule has 0 saturated heterocycles. The third kappa shape index (κ3) is 4.75. The molecule has 1 aromatic rings. The molecule has 0 aliphatic heterocycles. The molecule has 0 aromatic heterocycles. The second-order valence-corrected chi connectivity index (χ2v) is 8.67. The van der Waals surface area contributed by atoms with Crippen LogP contribution in [0.4, 0.5) is 4.39 Å². The molecular weight excluding hydrogens is 319 g/mol. The first-order valence-corrected chi connectivity index (χ1v) is 10.5. The first-order valence-electron chi connectivity index (χ1n) is 10.1. The summed E-state index contributed by atoms with van der Waals surface area (Å²) in [4.78, 5) is 0. The first-order chi connectivity index (χ1) is 11.7. The molecule has 0 amide bonds. The lowest BCUT2D eigenvalue weighted by atomic mass is 9.74. The Morgan fingerprint density at radius 3 is 1.96 bits per heavy atom. The molecule has 3 rings (SSSR count). The molecule has 0 heterocycles. The molecule has 0 spiro atoms. The van der Waals surface area contributed by atoms with Gasteiger partial charge in [0, 0.05) is 0 Å². The average molecular weight is 351 g/mol. The zero-order valence-electron chi connectivity index (χ0n) is 15.1. The van der Waals surface area contributed by atoms with E-state index in [2.05, 4.69) is 6.92 Å². The monoisotopic (exact) mass is 350 g/mol. The third-order valence-electron chi connectivity index (χ3n) is 6.79. The minimum absolute atomic E-state index is 0.241. The molecule has 2 saturated carbocycles. The number of halogens is 2. The molecule has 2 aliphatic carbocycles. The summed E-state index contributed by atoms with van der Waals surface area (Å²) in [5, 5.41) is 0.241. The Labute approximate surface area is 152 Å². The Morgan fingerprint density at radius 1 is 0.875 bits per heavy atom. The quantitative estimate of drug-likeness (QED) is 0.509. The minimum Gasteiger partial charge on any atom is -0.205 e. The SMILES string of the molecule is CCC1CCC(CCC2CCC(c3ccc(Cl)c(F)c3)CC2)CC1. The van der Waals surface area contributed by atoms with Gasteiger partial charge in [-0.2, -0.15) is 0 Å². The van der Waals surface area contributed by atoms with Crippen LogP contribution >= 0.6 is 11.6 Å². The second kappa shape index (κ2) is 8.70. The highest BCUT2D eigenvalue weighted by atomic mass is 35.5. The summed E-state index contributed by atoms with van der Waals surface area (Å²) in [7, 11) is 0. The van der Waals surface area contributed by atoms with Crippen LogP contribution < -0.4 is 0 Å². The smallest absolute Gasteiger partial charge is 0.142 e. The Bertz CT molecular complexity index is 511. The van der Waals surface area contributed by atoms with Crippen molar-refractivity contribution in [3.8, 4) is 0 Å². The van der Waals surface area contributed by atoms with E-state index in [-0.39, 0.29) is 10.8 Å². The van der Waals surface area contributed by atoms with Crippen molar-refractivity contribution in [2.75, 3.05) is 0 Å². The summed E-state index contributed by atoms with van der Waals surface area (Å²) in [6.07, 6.45) is 15.2. The molecule has 2 fully saturated rings. The van der Waals surface area contributed by atoms with Gasteiger partial charge in [-0.1, -0.05) is 69.5 Å². The molecular formula is C22H32ClF. The molecule has 1 aromatic carbocycles. The zero-order chi connectivity index (χ0) is 16.9. The highest BCUT2D eigenvalue weighted by Crippen LogP contribution is 2.40. The summed E-state index contributed by atoms with van der Waals surface area (Å²) in [6.45, 7) is 2.34. The highest BCUT2D eigenvalue weighted by Gasteiger charge is 2.25. The number of benzene rings is 1. The number of hydrogen-bond donors (Lipinski definition) is 0. The maximum absolute atomic E-state index is 13.7. The predicted molar refractivity (Wildman–Crippen MR) is 101 cm³/mol. The predicted octanol–water partition coefficient (Wildman–Crippen LogP) is 7.75. The standard InChI is InChI=1S/C22H32ClF/c1-2-16-3-5-17(6-4-16)7-8-18-9-11-19(12-10-18)20-13-14-21(23)22(24)15-20/h13-19H,2-12H2,1H3. The van der Waals surface area contributed by atoms with Crippen molar-refractivity contribution < 1.29 is 4.39 Å². The van der Waals surface area contributed by atoms with Crippen LogP contribution in [0, 0.1) is 23.6 Å². The van der Waals surface area contributed by atoms with E-state index in [1.54, 1.807) is 12.1 Å². The van der Waals surface area contributed by atoms with Gasteiger partial charge in [-0.25, -0.2) is 4.39 Å². The molecule has 0 radical (unpaired) electrons. The van der Waals surface area contributed by atoms with Gasteiger partial charge in [0.05, 0.1) is 5.02 Å².